The van der Waals surface area contributed by atoms with Crippen LogP contribution in [0, 0.1) is 13.8 Å². The second kappa shape index (κ2) is 4.85. The van der Waals surface area contributed by atoms with Crippen molar-refractivity contribution in [3.05, 3.63) is 11.4 Å². The molecular weight excluding hydrogens is 218 g/mol. The van der Waals surface area contributed by atoms with Gasteiger partial charge in [-0.2, -0.15) is 0 Å². The van der Waals surface area contributed by atoms with Gasteiger partial charge in [-0.1, -0.05) is 0 Å². The molecule has 94 valence electrons. The topological polar surface area (TPSA) is 76.3 Å². The molecule has 1 aromatic rings. The van der Waals surface area contributed by atoms with Gasteiger partial charge in [0.05, 0.1) is 12.7 Å². The van der Waals surface area contributed by atoms with Crippen molar-refractivity contribution in [1.29, 1.82) is 0 Å². The summed E-state index contributed by atoms with van der Waals surface area (Å²) in [4.78, 5) is 11.0. The Morgan fingerprint density at radius 1 is 1.41 bits per heavy atom. The molecule has 6 heteroatoms. The number of nitrogens with one attached hydrogen (secondary N) is 1. The van der Waals surface area contributed by atoms with E-state index in [2.05, 4.69) is 27.2 Å². The van der Waals surface area contributed by atoms with Crippen LogP contribution >= 0.6 is 0 Å². The molecule has 0 saturated carbocycles. The second-order valence-electron chi connectivity index (χ2n) is 4.34. The SMILES string of the molecule is Cc1nc(NN)c(C)c(N2CCOC(C)C2)n1. The highest BCUT2D eigenvalue weighted by Crippen LogP contribution is 2.24. The number of anilines is 2. The maximum absolute atomic E-state index is 5.53. The second-order valence-corrected chi connectivity index (χ2v) is 4.34. The van der Waals surface area contributed by atoms with Gasteiger partial charge in [-0.25, -0.2) is 15.8 Å². The molecule has 6 nitrogen and oxygen atoms in total. The van der Waals surface area contributed by atoms with Crippen molar-refractivity contribution in [2.24, 2.45) is 5.84 Å². The Balaban J connectivity index is 2.33. The molecule has 1 unspecified atom stereocenters. The van der Waals surface area contributed by atoms with Gasteiger partial charge in [-0.3, -0.25) is 0 Å². The molecule has 1 saturated heterocycles. The predicted molar refractivity (Wildman–Crippen MR) is 66.9 cm³/mol. The van der Waals surface area contributed by atoms with E-state index in [1.165, 1.54) is 0 Å². The summed E-state index contributed by atoms with van der Waals surface area (Å²) in [6.45, 7) is 8.34. The Labute approximate surface area is 101 Å². The van der Waals surface area contributed by atoms with Crippen LogP contribution < -0.4 is 16.2 Å². The van der Waals surface area contributed by atoms with Crippen molar-refractivity contribution in [3.8, 4) is 0 Å². The molecular formula is C11H19N5O. The average Bonchev–Trinajstić information content (AvgIpc) is 2.31. The van der Waals surface area contributed by atoms with Crippen molar-refractivity contribution in [3.63, 3.8) is 0 Å². The highest BCUT2D eigenvalue weighted by Gasteiger charge is 2.21. The number of aromatic nitrogens is 2. The van der Waals surface area contributed by atoms with Gasteiger partial charge in [0.2, 0.25) is 0 Å². The van der Waals surface area contributed by atoms with Gasteiger partial charge in [-0.05, 0) is 20.8 Å². The number of hydrazine groups is 1. The molecule has 0 radical (unpaired) electrons. The summed E-state index contributed by atoms with van der Waals surface area (Å²) < 4.78 is 5.53. The van der Waals surface area contributed by atoms with Crippen LogP contribution in [0.3, 0.4) is 0 Å². The van der Waals surface area contributed by atoms with Crippen molar-refractivity contribution in [1.82, 2.24) is 9.97 Å². The normalized spacial score (nSPS) is 20.5. The molecule has 3 N–H and O–H groups in total. The van der Waals surface area contributed by atoms with Crippen molar-refractivity contribution in [2.75, 3.05) is 30.0 Å². The van der Waals surface area contributed by atoms with Gasteiger partial charge in [0.1, 0.15) is 17.5 Å². The standard InChI is InChI=1S/C11H19N5O/c1-7-6-16(4-5-17-7)11-8(2)10(15-12)13-9(3)14-11/h7H,4-6,12H2,1-3H3,(H,13,14,15). The molecule has 0 spiro atoms. The summed E-state index contributed by atoms with van der Waals surface area (Å²) >= 11 is 0. The lowest BCUT2D eigenvalue weighted by Crippen LogP contribution is -2.42. The maximum Gasteiger partial charge on any atom is 0.148 e. The number of rotatable bonds is 2. The van der Waals surface area contributed by atoms with E-state index >= 15 is 0 Å². The first-order chi connectivity index (χ1) is 8.11. The van der Waals surface area contributed by atoms with E-state index in [0.29, 0.717) is 5.82 Å². The quantitative estimate of drug-likeness (QED) is 0.579. The number of nitrogens with two attached hydrogens (primary N) is 1. The first-order valence-electron chi connectivity index (χ1n) is 5.80. The average molecular weight is 237 g/mol. The highest BCUT2D eigenvalue weighted by molar-refractivity contribution is 5.58. The van der Waals surface area contributed by atoms with E-state index in [1.807, 2.05) is 13.8 Å². The zero-order valence-electron chi connectivity index (χ0n) is 10.5. The van der Waals surface area contributed by atoms with E-state index in [-0.39, 0.29) is 6.10 Å². The summed E-state index contributed by atoms with van der Waals surface area (Å²) in [5.74, 6) is 7.81. The van der Waals surface area contributed by atoms with Crippen LogP contribution in [0.2, 0.25) is 0 Å². The van der Waals surface area contributed by atoms with Crippen LogP contribution in [0.15, 0.2) is 0 Å². The number of morpholine rings is 1. The number of nitrogen functional groups attached to an aromatic ring is 1. The Morgan fingerprint density at radius 2 is 2.18 bits per heavy atom. The van der Waals surface area contributed by atoms with Crippen molar-refractivity contribution in [2.45, 2.75) is 26.9 Å². The minimum absolute atomic E-state index is 0.229. The number of hydrogen-bond acceptors (Lipinski definition) is 6. The van der Waals surface area contributed by atoms with E-state index in [1.54, 1.807) is 0 Å². The highest BCUT2D eigenvalue weighted by atomic mass is 16.5. The van der Waals surface area contributed by atoms with Gasteiger partial charge in [0, 0.05) is 18.7 Å². The molecule has 2 heterocycles. The van der Waals surface area contributed by atoms with Crippen LogP contribution in [0.25, 0.3) is 0 Å². The van der Waals surface area contributed by atoms with Crippen LogP contribution in [-0.2, 0) is 4.74 Å². The fourth-order valence-corrected chi connectivity index (χ4v) is 2.07. The molecule has 1 aliphatic rings. The third kappa shape index (κ3) is 2.48. The molecule has 1 aromatic heterocycles. The van der Waals surface area contributed by atoms with Gasteiger partial charge in [-0.15, -0.1) is 0 Å². The number of nitrogens with zero attached hydrogens (tertiary/aromatic N) is 3. The maximum atomic E-state index is 5.53. The third-order valence-electron chi connectivity index (χ3n) is 2.91. The van der Waals surface area contributed by atoms with Crippen molar-refractivity contribution >= 4 is 11.6 Å². The van der Waals surface area contributed by atoms with Crippen LogP contribution in [0.5, 0.6) is 0 Å². The third-order valence-corrected chi connectivity index (χ3v) is 2.91. The van der Waals surface area contributed by atoms with E-state index in [9.17, 15) is 0 Å². The van der Waals surface area contributed by atoms with Gasteiger partial charge < -0.3 is 15.1 Å². The van der Waals surface area contributed by atoms with E-state index in [0.717, 1.165) is 36.9 Å². The zero-order valence-corrected chi connectivity index (χ0v) is 10.5. The molecule has 2 rings (SSSR count). The molecule has 0 aromatic carbocycles. The predicted octanol–water partition coefficient (Wildman–Crippen LogP) is 0.604. The Kier molecular flexibility index (Phi) is 3.44. The first-order valence-corrected chi connectivity index (χ1v) is 5.80. The monoisotopic (exact) mass is 237 g/mol. The largest absolute Gasteiger partial charge is 0.375 e. The lowest BCUT2D eigenvalue weighted by Gasteiger charge is -2.33. The lowest BCUT2D eigenvalue weighted by atomic mass is 10.2. The smallest absolute Gasteiger partial charge is 0.148 e. The summed E-state index contributed by atoms with van der Waals surface area (Å²) in [7, 11) is 0. The summed E-state index contributed by atoms with van der Waals surface area (Å²) in [5.41, 5.74) is 3.60. The Hall–Kier alpha value is -1.40. The van der Waals surface area contributed by atoms with E-state index in [4.69, 9.17) is 10.6 Å². The fourth-order valence-electron chi connectivity index (χ4n) is 2.07. The molecule has 0 aliphatic carbocycles. The summed E-state index contributed by atoms with van der Waals surface area (Å²) in [6, 6.07) is 0. The minimum atomic E-state index is 0.229. The molecule has 1 atom stereocenters. The Bertz CT molecular complexity index is 409. The lowest BCUT2D eigenvalue weighted by molar-refractivity contribution is 0.0529. The van der Waals surface area contributed by atoms with Crippen molar-refractivity contribution < 1.29 is 4.74 Å². The Morgan fingerprint density at radius 3 is 2.82 bits per heavy atom. The summed E-state index contributed by atoms with van der Waals surface area (Å²) in [5, 5.41) is 0. The first kappa shape index (κ1) is 12.1. The summed E-state index contributed by atoms with van der Waals surface area (Å²) in [6.07, 6.45) is 0.229. The van der Waals surface area contributed by atoms with Gasteiger partial charge >= 0.3 is 0 Å². The zero-order chi connectivity index (χ0) is 12.4. The molecule has 17 heavy (non-hydrogen) atoms. The van der Waals surface area contributed by atoms with Gasteiger partial charge in [0.15, 0.2) is 0 Å². The van der Waals surface area contributed by atoms with E-state index < -0.39 is 0 Å². The fraction of sp³-hybridized carbons (Fsp3) is 0.636. The minimum Gasteiger partial charge on any atom is -0.375 e. The van der Waals surface area contributed by atoms with Crippen LogP contribution in [0.1, 0.15) is 18.3 Å². The molecule has 1 aliphatic heterocycles. The number of aryl methyl sites for hydroxylation is 1. The van der Waals surface area contributed by atoms with Crippen LogP contribution in [0.4, 0.5) is 11.6 Å². The molecule has 1 fully saturated rings. The van der Waals surface area contributed by atoms with Gasteiger partial charge in [0.25, 0.3) is 0 Å². The number of ether oxygens (including phenoxy) is 1. The molecule has 0 bridgehead atoms. The van der Waals surface area contributed by atoms with Crippen LogP contribution in [-0.4, -0.2) is 35.8 Å². The number of hydrogen-bond donors (Lipinski definition) is 2. The molecule has 0 amide bonds.